The van der Waals surface area contributed by atoms with Crippen molar-refractivity contribution in [2.45, 2.75) is 43.2 Å². The van der Waals surface area contributed by atoms with E-state index in [4.69, 9.17) is 4.74 Å². The van der Waals surface area contributed by atoms with Gasteiger partial charge in [0.25, 0.3) is 5.91 Å². The number of carbonyl (C=O) groups is 1. The Balaban J connectivity index is 1.77. The molecular formula is C16H20BrNO2. The zero-order valence-electron chi connectivity index (χ0n) is 11.6. The highest BCUT2D eigenvalue weighted by Gasteiger charge is 2.36. The van der Waals surface area contributed by atoms with Crippen molar-refractivity contribution in [3.05, 3.63) is 35.4 Å². The standard InChI is InChI=1S/C16H20BrNO2/c17-11-12-5-7-13(8-6-12)16(19)18-9-10-20-15-4-2-1-3-14(15)18/h5-8,14-15H,1-4,9-11H2. The van der Waals surface area contributed by atoms with Crippen LogP contribution in [0.3, 0.4) is 0 Å². The van der Waals surface area contributed by atoms with Gasteiger partial charge in [-0.05, 0) is 30.5 Å². The number of morpholine rings is 1. The molecule has 2 unspecified atom stereocenters. The number of alkyl halides is 1. The molecule has 1 saturated heterocycles. The molecule has 0 aromatic heterocycles. The van der Waals surface area contributed by atoms with E-state index in [1.807, 2.05) is 29.2 Å². The van der Waals surface area contributed by atoms with Gasteiger partial charge in [0.05, 0.1) is 18.8 Å². The van der Waals surface area contributed by atoms with E-state index < -0.39 is 0 Å². The minimum atomic E-state index is 0.159. The SMILES string of the molecule is O=C(c1ccc(CBr)cc1)N1CCOC2CCCCC21. The molecule has 1 aromatic rings. The van der Waals surface area contributed by atoms with Gasteiger partial charge in [0.15, 0.2) is 0 Å². The summed E-state index contributed by atoms with van der Waals surface area (Å²) in [6, 6.07) is 8.18. The van der Waals surface area contributed by atoms with E-state index in [-0.39, 0.29) is 18.1 Å². The van der Waals surface area contributed by atoms with E-state index in [2.05, 4.69) is 15.9 Å². The van der Waals surface area contributed by atoms with Crippen LogP contribution in [0.1, 0.15) is 41.6 Å². The van der Waals surface area contributed by atoms with Crippen molar-refractivity contribution in [3.8, 4) is 0 Å². The molecule has 108 valence electrons. The molecule has 3 rings (SSSR count). The van der Waals surface area contributed by atoms with Crippen molar-refractivity contribution in [1.29, 1.82) is 0 Å². The van der Waals surface area contributed by atoms with E-state index in [0.717, 1.165) is 30.3 Å². The highest BCUT2D eigenvalue weighted by Crippen LogP contribution is 2.29. The Labute approximate surface area is 128 Å². The number of ether oxygens (including phenoxy) is 1. The molecule has 2 aliphatic rings. The maximum Gasteiger partial charge on any atom is 0.254 e. The average Bonchev–Trinajstić information content (AvgIpc) is 2.54. The second-order valence-corrected chi connectivity index (χ2v) is 6.15. The molecule has 4 heteroatoms. The van der Waals surface area contributed by atoms with Crippen molar-refractivity contribution in [2.75, 3.05) is 13.2 Å². The van der Waals surface area contributed by atoms with E-state index in [1.54, 1.807) is 0 Å². The van der Waals surface area contributed by atoms with Gasteiger partial charge in [-0.15, -0.1) is 0 Å². The van der Waals surface area contributed by atoms with E-state index >= 15 is 0 Å². The van der Waals surface area contributed by atoms with E-state index in [9.17, 15) is 4.79 Å². The first-order valence-corrected chi connectivity index (χ1v) is 8.49. The Bertz CT molecular complexity index is 472. The summed E-state index contributed by atoms with van der Waals surface area (Å²) < 4.78 is 5.83. The fraction of sp³-hybridized carbons (Fsp3) is 0.562. The predicted octanol–water partition coefficient (Wildman–Crippen LogP) is 3.37. The summed E-state index contributed by atoms with van der Waals surface area (Å²) in [5.74, 6) is 0.159. The van der Waals surface area contributed by atoms with Gasteiger partial charge in [-0.2, -0.15) is 0 Å². The lowest BCUT2D eigenvalue weighted by Crippen LogP contribution is -2.54. The zero-order chi connectivity index (χ0) is 13.9. The fourth-order valence-corrected chi connectivity index (χ4v) is 3.62. The van der Waals surface area contributed by atoms with Crippen LogP contribution in [0.4, 0.5) is 0 Å². The summed E-state index contributed by atoms with van der Waals surface area (Å²) >= 11 is 3.43. The maximum absolute atomic E-state index is 12.7. The third-order valence-electron chi connectivity index (χ3n) is 4.35. The van der Waals surface area contributed by atoms with Crippen molar-refractivity contribution in [1.82, 2.24) is 4.90 Å². The first-order chi connectivity index (χ1) is 9.79. The van der Waals surface area contributed by atoms with E-state index in [1.165, 1.54) is 18.4 Å². The molecule has 1 heterocycles. The number of rotatable bonds is 2. The largest absolute Gasteiger partial charge is 0.374 e. The number of hydrogen-bond donors (Lipinski definition) is 0. The van der Waals surface area contributed by atoms with Crippen LogP contribution in [0.5, 0.6) is 0 Å². The molecule has 1 saturated carbocycles. The summed E-state index contributed by atoms with van der Waals surface area (Å²) in [5, 5.41) is 0.823. The lowest BCUT2D eigenvalue weighted by Gasteiger charge is -2.43. The van der Waals surface area contributed by atoms with Crippen molar-refractivity contribution < 1.29 is 9.53 Å². The number of fused-ring (bicyclic) bond motifs is 1. The van der Waals surface area contributed by atoms with Crippen LogP contribution in [0.15, 0.2) is 24.3 Å². The molecule has 3 nitrogen and oxygen atoms in total. The Morgan fingerprint density at radius 3 is 2.75 bits per heavy atom. The second kappa shape index (κ2) is 6.27. The molecule has 0 spiro atoms. The van der Waals surface area contributed by atoms with Crippen LogP contribution >= 0.6 is 15.9 Å². The number of hydrogen-bond acceptors (Lipinski definition) is 2. The number of carbonyl (C=O) groups excluding carboxylic acids is 1. The lowest BCUT2D eigenvalue weighted by atomic mass is 9.89. The summed E-state index contributed by atoms with van der Waals surface area (Å²) in [6.07, 6.45) is 4.86. The number of halogens is 1. The second-order valence-electron chi connectivity index (χ2n) is 5.59. The summed E-state index contributed by atoms with van der Waals surface area (Å²) in [5.41, 5.74) is 1.99. The topological polar surface area (TPSA) is 29.5 Å². The molecule has 20 heavy (non-hydrogen) atoms. The minimum absolute atomic E-state index is 0.159. The Hall–Kier alpha value is -0.870. The van der Waals surface area contributed by atoms with Gasteiger partial charge in [0.1, 0.15) is 0 Å². The number of nitrogens with zero attached hydrogens (tertiary/aromatic N) is 1. The van der Waals surface area contributed by atoms with Gasteiger partial charge >= 0.3 is 0 Å². The molecule has 1 amide bonds. The van der Waals surface area contributed by atoms with Gasteiger partial charge in [0.2, 0.25) is 0 Å². The smallest absolute Gasteiger partial charge is 0.254 e. The highest BCUT2D eigenvalue weighted by atomic mass is 79.9. The Kier molecular flexibility index (Phi) is 4.41. The molecule has 0 N–H and O–H groups in total. The number of benzene rings is 1. The zero-order valence-corrected chi connectivity index (χ0v) is 13.1. The molecular weight excluding hydrogens is 318 g/mol. The maximum atomic E-state index is 12.7. The van der Waals surface area contributed by atoms with Crippen LogP contribution in [0, 0.1) is 0 Å². The van der Waals surface area contributed by atoms with Crippen molar-refractivity contribution in [2.24, 2.45) is 0 Å². The Morgan fingerprint density at radius 1 is 1.25 bits per heavy atom. The summed E-state index contributed by atoms with van der Waals surface area (Å²) in [7, 11) is 0. The van der Waals surface area contributed by atoms with Crippen LogP contribution in [-0.2, 0) is 10.1 Å². The lowest BCUT2D eigenvalue weighted by molar-refractivity contribution is -0.0752. The average molecular weight is 338 g/mol. The Morgan fingerprint density at radius 2 is 2.00 bits per heavy atom. The normalized spacial score (nSPS) is 26.1. The third-order valence-corrected chi connectivity index (χ3v) is 5.00. The highest BCUT2D eigenvalue weighted by molar-refractivity contribution is 9.08. The molecule has 0 bridgehead atoms. The molecule has 2 atom stereocenters. The first kappa shape index (κ1) is 14.1. The molecule has 1 aliphatic heterocycles. The predicted molar refractivity (Wildman–Crippen MR) is 82.1 cm³/mol. The van der Waals surface area contributed by atoms with Gasteiger partial charge in [-0.3, -0.25) is 4.79 Å². The quantitative estimate of drug-likeness (QED) is 0.774. The molecule has 2 fully saturated rings. The van der Waals surface area contributed by atoms with Gasteiger partial charge in [-0.1, -0.05) is 40.9 Å². The minimum Gasteiger partial charge on any atom is -0.374 e. The first-order valence-electron chi connectivity index (χ1n) is 7.37. The third kappa shape index (κ3) is 2.77. The summed E-state index contributed by atoms with van der Waals surface area (Å²) in [6.45, 7) is 1.40. The van der Waals surface area contributed by atoms with Crippen LogP contribution in [0.2, 0.25) is 0 Å². The van der Waals surface area contributed by atoms with Crippen LogP contribution in [-0.4, -0.2) is 36.1 Å². The van der Waals surface area contributed by atoms with Gasteiger partial charge in [-0.25, -0.2) is 0 Å². The van der Waals surface area contributed by atoms with Crippen LogP contribution in [0.25, 0.3) is 0 Å². The van der Waals surface area contributed by atoms with Gasteiger partial charge in [0, 0.05) is 17.4 Å². The molecule has 1 aromatic carbocycles. The van der Waals surface area contributed by atoms with E-state index in [0.29, 0.717) is 6.61 Å². The monoisotopic (exact) mass is 337 g/mol. The molecule has 1 aliphatic carbocycles. The fourth-order valence-electron chi connectivity index (χ4n) is 3.25. The van der Waals surface area contributed by atoms with Crippen molar-refractivity contribution >= 4 is 21.8 Å². The van der Waals surface area contributed by atoms with Crippen molar-refractivity contribution in [3.63, 3.8) is 0 Å². The van der Waals surface area contributed by atoms with Gasteiger partial charge < -0.3 is 9.64 Å². The van der Waals surface area contributed by atoms with Crippen LogP contribution < -0.4 is 0 Å². The summed E-state index contributed by atoms with van der Waals surface area (Å²) in [4.78, 5) is 14.8. The number of amides is 1. The molecule has 0 radical (unpaired) electrons.